The van der Waals surface area contributed by atoms with Crippen LogP contribution in [0.4, 0.5) is 4.79 Å². The summed E-state index contributed by atoms with van der Waals surface area (Å²) >= 11 is 0. The number of carbonyl (C=O) groups is 3. The number of hydrogen-bond donors (Lipinski definition) is 2. The molecule has 2 amide bonds. The number of alkyl carbamates (subject to hydrolysis) is 1. The molecular formula is C27H32N2O5. The van der Waals surface area contributed by atoms with Gasteiger partial charge >= 0.3 is 12.1 Å². The third-order valence-corrected chi connectivity index (χ3v) is 6.88. The third-order valence-electron chi connectivity index (χ3n) is 6.88. The third kappa shape index (κ3) is 5.24. The molecular weight excluding hydrogens is 432 g/mol. The fourth-order valence-electron chi connectivity index (χ4n) is 5.07. The molecule has 1 fully saturated rings. The molecule has 0 aromatic heterocycles. The number of likely N-dealkylation sites (tertiary alicyclic amines) is 1. The first-order chi connectivity index (χ1) is 16.5. The number of carbonyl (C=O) groups excluding carboxylic acids is 2. The average molecular weight is 465 g/mol. The minimum absolute atomic E-state index is 0.0152. The molecule has 7 heteroatoms. The van der Waals surface area contributed by atoms with Crippen LogP contribution < -0.4 is 5.32 Å². The second kappa shape index (κ2) is 10.7. The van der Waals surface area contributed by atoms with Crippen LogP contribution in [0.3, 0.4) is 0 Å². The van der Waals surface area contributed by atoms with E-state index in [-0.39, 0.29) is 30.8 Å². The van der Waals surface area contributed by atoms with Crippen LogP contribution in [0, 0.1) is 5.92 Å². The Morgan fingerprint density at radius 1 is 1.06 bits per heavy atom. The van der Waals surface area contributed by atoms with E-state index in [9.17, 15) is 19.5 Å². The Kier molecular flexibility index (Phi) is 7.50. The number of piperidine rings is 1. The van der Waals surface area contributed by atoms with Gasteiger partial charge < -0.3 is 20.1 Å². The van der Waals surface area contributed by atoms with Gasteiger partial charge in [-0.1, -0.05) is 55.5 Å². The highest BCUT2D eigenvalue weighted by Gasteiger charge is 2.32. The van der Waals surface area contributed by atoms with E-state index < -0.39 is 18.1 Å². The van der Waals surface area contributed by atoms with Crippen LogP contribution >= 0.6 is 0 Å². The molecule has 2 aromatic carbocycles. The van der Waals surface area contributed by atoms with Gasteiger partial charge in [0, 0.05) is 25.4 Å². The average Bonchev–Trinajstić information content (AvgIpc) is 3.16. The number of carboxylic acids is 1. The lowest BCUT2D eigenvalue weighted by Crippen LogP contribution is -2.48. The Balaban J connectivity index is 1.22. The zero-order chi connectivity index (χ0) is 24.1. The van der Waals surface area contributed by atoms with Crippen LogP contribution in [0.5, 0.6) is 0 Å². The Morgan fingerprint density at radius 2 is 1.71 bits per heavy atom. The van der Waals surface area contributed by atoms with E-state index in [2.05, 4.69) is 29.6 Å². The van der Waals surface area contributed by atoms with Gasteiger partial charge in [0.15, 0.2) is 0 Å². The number of amides is 2. The maximum absolute atomic E-state index is 12.6. The molecule has 0 spiro atoms. The van der Waals surface area contributed by atoms with E-state index in [0.29, 0.717) is 25.9 Å². The molecule has 2 aromatic rings. The van der Waals surface area contributed by atoms with Crippen molar-refractivity contribution in [2.75, 3.05) is 19.7 Å². The van der Waals surface area contributed by atoms with Gasteiger partial charge in [-0.25, -0.2) is 9.59 Å². The first-order valence-corrected chi connectivity index (χ1v) is 12.1. The number of benzene rings is 2. The number of nitrogens with zero attached hydrogens (tertiary/aromatic N) is 1. The number of fused-ring (bicyclic) bond motifs is 3. The van der Waals surface area contributed by atoms with Gasteiger partial charge in [-0.05, 0) is 53.9 Å². The van der Waals surface area contributed by atoms with Crippen LogP contribution in [-0.2, 0) is 14.3 Å². The molecule has 2 atom stereocenters. The van der Waals surface area contributed by atoms with Crippen molar-refractivity contribution in [1.82, 2.24) is 10.2 Å². The van der Waals surface area contributed by atoms with E-state index in [4.69, 9.17) is 4.74 Å². The topological polar surface area (TPSA) is 95.9 Å². The van der Waals surface area contributed by atoms with Gasteiger partial charge in [0.1, 0.15) is 12.6 Å². The van der Waals surface area contributed by atoms with Crippen LogP contribution in [0.2, 0.25) is 0 Å². The summed E-state index contributed by atoms with van der Waals surface area (Å²) in [7, 11) is 0. The number of carboxylic acid groups (broad SMARTS) is 1. The Morgan fingerprint density at radius 3 is 2.35 bits per heavy atom. The molecule has 180 valence electrons. The smallest absolute Gasteiger partial charge is 0.407 e. The maximum atomic E-state index is 12.6. The number of aliphatic carboxylic acids is 1. The van der Waals surface area contributed by atoms with Gasteiger partial charge in [0.2, 0.25) is 5.91 Å². The summed E-state index contributed by atoms with van der Waals surface area (Å²) in [6.07, 6.45) is 2.60. The standard InChI is InChI=1S/C27H32N2O5/c1-18(16-25(30)29-15-7-6-12-24(29)26(31)32)13-14-28-27(33)34-17-23-21-10-4-2-8-19(21)20-9-3-5-11-22(20)23/h2-5,8-11,18,23-24H,6-7,12-17H2,1H3,(H,28,33)(H,31,32). The van der Waals surface area contributed by atoms with Gasteiger partial charge in [-0.15, -0.1) is 0 Å². The molecule has 2 aliphatic rings. The highest BCUT2D eigenvalue weighted by molar-refractivity contribution is 5.84. The summed E-state index contributed by atoms with van der Waals surface area (Å²) in [5.74, 6) is -1.02. The number of rotatable bonds is 8. The normalized spacial score (nSPS) is 18.0. The highest BCUT2D eigenvalue weighted by Crippen LogP contribution is 2.44. The summed E-state index contributed by atoms with van der Waals surface area (Å²) in [4.78, 5) is 37.9. The van der Waals surface area contributed by atoms with Crippen molar-refractivity contribution >= 4 is 18.0 Å². The van der Waals surface area contributed by atoms with Crippen LogP contribution in [0.15, 0.2) is 48.5 Å². The summed E-state index contributed by atoms with van der Waals surface area (Å²) in [6, 6.07) is 15.7. The fraction of sp³-hybridized carbons (Fsp3) is 0.444. The summed E-state index contributed by atoms with van der Waals surface area (Å²) in [5.41, 5.74) is 4.70. The molecule has 34 heavy (non-hydrogen) atoms. The van der Waals surface area contributed by atoms with Crippen molar-refractivity contribution in [3.05, 3.63) is 59.7 Å². The Bertz CT molecular complexity index is 1010. The van der Waals surface area contributed by atoms with E-state index in [1.54, 1.807) is 0 Å². The lowest BCUT2D eigenvalue weighted by molar-refractivity contribution is -0.152. The number of nitrogens with one attached hydrogen (secondary N) is 1. The molecule has 1 aliphatic heterocycles. The zero-order valence-corrected chi connectivity index (χ0v) is 19.5. The molecule has 4 rings (SSSR count). The number of ether oxygens (including phenoxy) is 1. The molecule has 0 saturated carbocycles. The SMILES string of the molecule is CC(CCNC(=O)OCC1c2ccccc2-c2ccccc21)CC(=O)N1CCCCC1C(=O)O. The van der Waals surface area contributed by atoms with Crippen molar-refractivity contribution in [3.63, 3.8) is 0 Å². The molecule has 2 N–H and O–H groups in total. The molecule has 2 unspecified atom stereocenters. The molecule has 1 heterocycles. The summed E-state index contributed by atoms with van der Waals surface area (Å²) < 4.78 is 5.55. The van der Waals surface area contributed by atoms with Gasteiger partial charge in [-0.2, -0.15) is 0 Å². The van der Waals surface area contributed by atoms with Crippen molar-refractivity contribution in [2.45, 2.75) is 51.0 Å². The number of hydrogen-bond acceptors (Lipinski definition) is 4. The molecule has 1 aliphatic carbocycles. The summed E-state index contributed by atoms with van der Waals surface area (Å²) in [6.45, 7) is 3.10. The van der Waals surface area contributed by atoms with Gasteiger partial charge in [-0.3, -0.25) is 4.79 Å². The molecule has 0 radical (unpaired) electrons. The van der Waals surface area contributed by atoms with Crippen LogP contribution in [0.25, 0.3) is 11.1 Å². The predicted octanol–water partition coefficient (Wildman–Crippen LogP) is 4.41. The Hall–Kier alpha value is -3.35. The quantitative estimate of drug-likeness (QED) is 0.603. The van der Waals surface area contributed by atoms with Crippen molar-refractivity contribution in [1.29, 1.82) is 0 Å². The molecule has 7 nitrogen and oxygen atoms in total. The minimum Gasteiger partial charge on any atom is -0.480 e. The van der Waals surface area contributed by atoms with Gasteiger partial charge in [0.05, 0.1) is 0 Å². The predicted molar refractivity (Wildman–Crippen MR) is 128 cm³/mol. The highest BCUT2D eigenvalue weighted by atomic mass is 16.5. The fourth-order valence-corrected chi connectivity index (χ4v) is 5.07. The zero-order valence-electron chi connectivity index (χ0n) is 19.5. The Labute approximate surface area is 200 Å². The lowest BCUT2D eigenvalue weighted by Gasteiger charge is -2.33. The first kappa shape index (κ1) is 23.8. The van der Waals surface area contributed by atoms with E-state index in [0.717, 1.165) is 12.8 Å². The summed E-state index contributed by atoms with van der Waals surface area (Å²) in [5, 5.41) is 12.2. The monoisotopic (exact) mass is 464 g/mol. The van der Waals surface area contributed by atoms with E-state index in [1.165, 1.54) is 27.2 Å². The van der Waals surface area contributed by atoms with Gasteiger partial charge in [0.25, 0.3) is 0 Å². The minimum atomic E-state index is -0.933. The lowest BCUT2D eigenvalue weighted by atomic mass is 9.98. The first-order valence-electron chi connectivity index (χ1n) is 12.1. The van der Waals surface area contributed by atoms with Crippen molar-refractivity contribution in [2.24, 2.45) is 5.92 Å². The van der Waals surface area contributed by atoms with E-state index >= 15 is 0 Å². The van der Waals surface area contributed by atoms with Crippen LogP contribution in [-0.4, -0.2) is 53.7 Å². The van der Waals surface area contributed by atoms with Crippen molar-refractivity contribution in [3.8, 4) is 11.1 Å². The molecule has 0 bridgehead atoms. The second-order valence-corrected chi connectivity index (χ2v) is 9.29. The van der Waals surface area contributed by atoms with Crippen LogP contribution in [0.1, 0.15) is 56.1 Å². The second-order valence-electron chi connectivity index (χ2n) is 9.29. The molecule has 1 saturated heterocycles. The van der Waals surface area contributed by atoms with Crippen molar-refractivity contribution < 1.29 is 24.2 Å². The maximum Gasteiger partial charge on any atom is 0.407 e. The largest absolute Gasteiger partial charge is 0.480 e. The van der Waals surface area contributed by atoms with E-state index in [1.807, 2.05) is 31.2 Å².